The fraction of sp³-hybridized carbons (Fsp3) is 0.250. The van der Waals surface area contributed by atoms with Crippen molar-refractivity contribution in [3.63, 3.8) is 0 Å². The van der Waals surface area contributed by atoms with Crippen LogP contribution in [0.5, 0.6) is 0 Å². The van der Waals surface area contributed by atoms with E-state index < -0.39 is 11.0 Å². The van der Waals surface area contributed by atoms with Gasteiger partial charge in [-0.3, -0.25) is 24.8 Å². The highest BCUT2D eigenvalue weighted by molar-refractivity contribution is 6.04. The van der Waals surface area contributed by atoms with Gasteiger partial charge in [0.15, 0.2) is 5.78 Å². The second-order valence-electron chi connectivity index (χ2n) is 4.03. The number of hydroxylamine groups is 2. The van der Waals surface area contributed by atoms with Crippen LogP contribution in [0.3, 0.4) is 0 Å². The molecule has 1 atom stereocenters. The molecule has 1 aromatic rings. The number of carbonyl (C=O) groups excluding carboxylic acids is 1. The maximum atomic E-state index is 11.8. The van der Waals surface area contributed by atoms with Gasteiger partial charge in [-0.2, -0.15) is 0 Å². The lowest BCUT2D eigenvalue weighted by molar-refractivity contribution is -0.384. The van der Waals surface area contributed by atoms with Gasteiger partial charge in [0.1, 0.15) is 6.61 Å². The molecule has 0 radical (unpaired) electrons. The molecule has 1 aliphatic rings. The van der Waals surface area contributed by atoms with Crippen LogP contribution in [0.25, 0.3) is 0 Å². The molecular formula is C12H12N2O5. The number of ketones is 1. The molecule has 0 aliphatic carbocycles. The SMILES string of the molecule is O=C(/C=C/N1CC(O)CO1)c1ccc([N+](=O)[O-])cc1. The zero-order chi connectivity index (χ0) is 13.8. The molecule has 1 unspecified atom stereocenters. The van der Waals surface area contributed by atoms with Crippen LogP contribution in [-0.2, 0) is 4.84 Å². The highest BCUT2D eigenvalue weighted by atomic mass is 16.7. The normalized spacial score (nSPS) is 19.0. The van der Waals surface area contributed by atoms with E-state index in [9.17, 15) is 20.0 Å². The number of benzene rings is 1. The molecule has 1 N–H and O–H groups in total. The molecule has 1 fully saturated rings. The Labute approximate surface area is 108 Å². The van der Waals surface area contributed by atoms with Crippen molar-refractivity contribution in [1.82, 2.24) is 5.06 Å². The number of aliphatic hydroxyl groups excluding tert-OH is 1. The lowest BCUT2D eigenvalue weighted by atomic mass is 10.1. The van der Waals surface area contributed by atoms with Gasteiger partial charge in [0.2, 0.25) is 0 Å². The fourth-order valence-electron chi connectivity index (χ4n) is 1.59. The van der Waals surface area contributed by atoms with Crippen molar-refractivity contribution in [3.8, 4) is 0 Å². The second-order valence-corrected chi connectivity index (χ2v) is 4.03. The van der Waals surface area contributed by atoms with E-state index in [1.807, 2.05) is 0 Å². The average molecular weight is 264 g/mol. The zero-order valence-corrected chi connectivity index (χ0v) is 9.93. The number of nitrogens with zero attached hydrogens (tertiary/aromatic N) is 2. The highest BCUT2D eigenvalue weighted by Crippen LogP contribution is 2.13. The van der Waals surface area contributed by atoms with E-state index in [4.69, 9.17) is 4.84 Å². The third kappa shape index (κ3) is 3.36. The standard InChI is InChI=1S/C12H12N2O5/c15-11-7-13(19-8-11)6-5-12(16)9-1-3-10(4-2-9)14(17)18/h1-6,11,15H,7-8H2/b6-5+. The van der Waals surface area contributed by atoms with Crippen LogP contribution < -0.4 is 0 Å². The summed E-state index contributed by atoms with van der Waals surface area (Å²) in [6, 6.07) is 5.34. The van der Waals surface area contributed by atoms with E-state index in [1.54, 1.807) is 0 Å². The van der Waals surface area contributed by atoms with Gasteiger partial charge in [-0.05, 0) is 12.1 Å². The predicted octanol–water partition coefficient (Wildman–Crippen LogP) is 0.899. The summed E-state index contributed by atoms with van der Waals surface area (Å²) < 4.78 is 0. The topological polar surface area (TPSA) is 92.9 Å². The highest BCUT2D eigenvalue weighted by Gasteiger charge is 2.18. The Morgan fingerprint density at radius 1 is 1.47 bits per heavy atom. The van der Waals surface area contributed by atoms with E-state index in [1.165, 1.54) is 41.6 Å². The number of non-ortho nitro benzene ring substituents is 1. The van der Waals surface area contributed by atoms with Crippen molar-refractivity contribution >= 4 is 11.5 Å². The molecule has 1 aromatic carbocycles. The first kappa shape index (κ1) is 13.2. The number of nitro groups is 1. The molecule has 0 aromatic heterocycles. The van der Waals surface area contributed by atoms with E-state index in [0.717, 1.165) is 0 Å². The van der Waals surface area contributed by atoms with Crippen LogP contribution >= 0.6 is 0 Å². The van der Waals surface area contributed by atoms with Crippen molar-refractivity contribution in [2.75, 3.05) is 13.2 Å². The molecular weight excluding hydrogens is 252 g/mol. The summed E-state index contributed by atoms with van der Waals surface area (Å²) in [5.74, 6) is -0.292. The smallest absolute Gasteiger partial charge is 0.269 e. The summed E-state index contributed by atoms with van der Waals surface area (Å²) in [5, 5.41) is 21.1. The number of nitro benzene ring substituents is 1. The third-order valence-corrected chi connectivity index (χ3v) is 2.58. The van der Waals surface area contributed by atoms with Gasteiger partial charge in [0, 0.05) is 30.0 Å². The third-order valence-electron chi connectivity index (χ3n) is 2.58. The fourth-order valence-corrected chi connectivity index (χ4v) is 1.59. The van der Waals surface area contributed by atoms with Gasteiger partial charge < -0.3 is 5.11 Å². The van der Waals surface area contributed by atoms with Crippen LogP contribution in [0.2, 0.25) is 0 Å². The summed E-state index contributed by atoms with van der Waals surface area (Å²) in [6.07, 6.45) is 2.17. The Balaban J connectivity index is 1.99. The van der Waals surface area contributed by atoms with Crippen LogP contribution in [0, 0.1) is 10.1 Å². The number of hydrogen-bond donors (Lipinski definition) is 1. The van der Waals surface area contributed by atoms with Crippen LogP contribution in [0.1, 0.15) is 10.4 Å². The summed E-state index contributed by atoms with van der Waals surface area (Å²) >= 11 is 0. The second kappa shape index (κ2) is 5.59. The summed E-state index contributed by atoms with van der Waals surface area (Å²) in [4.78, 5) is 26.8. The van der Waals surface area contributed by atoms with Gasteiger partial charge in [-0.25, -0.2) is 0 Å². The molecule has 0 bridgehead atoms. The number of aliphatic hydroxyl groups is 1. The van der Waals surface area contributed by atoms with Crippen LogP contribution in [-0.4, -0.2) is 40.1 Å². The number of β-amino-alcohol motifs (C(OH)–C–C–N with tert-alkyl or cyclic N) is 1. The summed E-state index contributed by atoms with van der Waals surface area (Å²) in [7, 11) is 0. The largest absolute Gasteiger partial charge is 0.389 e. The van der Waals surface area contributed by atoms with Crippen molar-refractivity contribution < 1.29 is 19.7 Å². The summed E-state index contributed by atoms with van der Waals surface area (Å²) in [6.45, 7) is 0.514. The van der Waals surface area contributed by atoms with Crippen molar-refractivity contribution in [3.05, 3.63) is 52.2 Å². The van der Waals surface area contributed by atoms with E-state index in [2.05, 4.69) is 0 Å². The van der Waals surface area contributed by atoms with Crippen molar-refractivity contribution in [2.45, 2.75) is 6.10 Å². The Hall–Kier alpha value is -2.25. The first-order valence-electron chi connectivity index (χ1n) is 5.61. The Morgan fingerprint density at radius 2 is 2.16 bits per heavy atom. The number of allylic oxidation sites excluding steroid dienone is 1. The first-order valence-corrected chi connectivity index (χ1v) is 5.61. The Bertz CT molecular complexity index is 511. The molecule has 100 valence electrons. The van der Waals surface area contributed by atoms with E-state index >= 15 is 0 Å². The lowest BCUT2D eigenvalue weighted by Gasteiger charge is -2.08. The minimum Gasteiger partial charge on any atom is -0.389 e. The first-order chi connectivity index (χ1) is 9.06. The number of carbonyl (C=O) groups is 1. The number of hydrogen-bond acceptors (Lipinski definition) is 6. The molecule has 2 rings (SSSR count). The molecule has 0 spiro atoms. The van der Waals surface area contributed by atoms with Gasteiger partial charge in [-0.1, -0.05) is 0 Å². The minimum atomic E-state index is -0.556. The van der Waals surface area contributed by atoms with Gasteiger partial charge in [0.25, 0.3) is 5.69 Å². The maximum absolute atomic E-state index is 11.8. The molecule has 1 aliphatic heterocycles. The maximum Gasteiger partial charge on any atom is 0.269 e. The lowest BCUT2D eigenvalue weighted by Crippen LogP contribution is -2.15. The van der Waals surface area contributed by atoms with Crippen molar-refractivity contribution in [2.24, 2.45) is 0 Å². The van der Waals surface area contributed by atoms with Crippen LogP contribution in [0.4, 0.5) is 5.69 Å². The van der Waals surface area contributed by atoms with Gasteiger partial charge in [-0.15, -0.1) is 0 Å². The average Bonchev–Trinajstić information content (AvgIpc) is 2.82. The Morgan fingerprint density at radius 3 is 2.68 bits per heavy atom. The monoisotopic (exact) mass is 264 g/mol. The minimum absolute atomic E-state index is 0.0634. The zero-order valence-electron chi connectivity index (χ0n) is 9.93. The van der Waals surface area contributed by atoms with Crippen LogP contribution in [0.15, 0.2) is 36.5 Å². The molecule has 1 heterocycles. The molecule has 19 heavy (non-hydrogen) atoms. The predicted molar refractivity (Wildman–Crippen MR) is 65.2 cm³/mol. The quantitative estimate of drug-likeness (QED) is 0.376. The van der Waals surface area contributed by atoms with Gasteiger partial charge >= 0.3 is 0 Å². The van der Waals surface area contributed by atoms with E-state index in [0.29, 0.717) is 12.1 Å². The molecule has 7 heteroatoms. The molecule has 1 saturated heterocycles. The molecule has 7 nitrogen and oxygen atoms in total. The molecule has 0 saturated carbocycles. The van der Waals surface area contributed by atoms with Crippen molar-refractivity contribution in [1.29, 1.82) is 0 Å². The van der Waals surface area contributed by atoms with Gasteiger partial charge in [0.05, 0.1) is 17.6 Å². The summed E-state index contributed by atoms with van der Waals surface area (Å²) in [5.41, 5.74) is 0.285. The van der Waals surface area contributed by atoms with E-state index in [-0.39, 0.29) is 18.1 Å². The number of rotatable bonds is 4. The molecule has 0 amide bonds. The Kier molecular flexibility index (Phi) is 3.88.